The number of halogens is 3. The van der Waals surface area contributed by atoms with Crippen LogP contribution < -0.4 is 0 Å². The van der Waals surface area contributed by atoms with Crippen LogP contribution in [-0.4, -0.2) is 0 Å². The van der Waals surface area contributed by atoms with Gasteiger partial charge in [-0.3, -0.25) is 0 Å². The fourth-order valence-electron chi connectivity index (χ4n) is 2.70. The molecule has 0 unspecified atom stereocenters. The minimum absolute atomic E-state index is 0.394. The third-order valence-electron chi connectivity index (χ3n) is 3.89. The van der Waals surface area contributed by atoms with Gasteiger partial charge in [0.2, 0.25) is 0 Å². The highest BCUT2D eigenvalue weighted by Crippen LogP contribution is 2.33. The van der Waals surface area contributed by atoms with Crippen LogP contribution in [0.1, 0.15) is 41.7 Å². The van der Waals surface area contributed by atoms with Crippen molar-refractivity contribution in [2.75, 3.05) is 0 Å². The molecule has 0 saturated heterocycles. The van der Waals surface area contributed by atoms with Crippen LogP contribution in [0.3, 0.4) is 0 Å². The monoisotopic (exact) mass is 306 g/mol. The summed E-state index contributed by atoms with van der Waals surface area (Å²) in [4.78, 5) is 0. The zero-order chi connectivity index (χ0) is 16.2. The van der Waals surface area contributed by atoms with Crippen LogP contribution >= 0.6 is 0 Å². The van der Waals surface area contributed by atoms with Crippen molar-refractivity contribution in [3.63, 3.8) is 0 Å². The first-order valence-electron chi connectivity index (χ1n) is 7.79. The lowest BCUT2D eigenvalue weighted by Gasteiger charge is -2.16. The lowest BCUT2D eigenvalue weighted by Crippen LogP contribution is -2.11. The van der Waals surface area contributed by atoms with E-state index >= 15 is 0 Å². The average Bonchev–Trinajstić information content (AvgIpc) is 2.51. The minimum Gasteiger partial charge on any atom is -0.166 e. The van der Waals surface area contributed by atoms with E-state index in [1.165, 1.54) is 11.6 Å². The molecule has 0 spiro atoms. The molecule has 4 aliphatic rings. The van der Waals surface area contributed by atoms with Crippen LogP contribution in [0.5, 0.6) is 0 Å². The van der Waals surface area contributed by atoms with Crippen LogP contribution in [0.2, 0.25) is 0 Å². The Labute approximate surface area is 130 Å². The third kappa shape index (κ3) is 3.90. The molecule has 118 valence electrons. The Kier molecular flexibility index (Phi) is 5.28. The molecule has 0 aliphatic heterocycles. The molecular formula is C19H21F3. The lowest BCUT2D eigenvalue weighted by atomic mass is 9.93. The normalized spacial score (nSPS) is 13.9. The summed E-state index contributed by atoms with van der Waals surface area (Å²) >= 11 is 0. The molecule has 0 nitrogen and oxygen atoms in total. The van der Waals surface area contributed by atoms with Gasteiger partial charge in [0.1, 0.15) is 0 Å². The van der Waals surface area contributed by atoms with Crippen molar-refractivity contribution in [1.29, 1.82) is 0 Å². The van der Waals surface area contributed by atoms with Gasteiger partial charge in [0.05, 0.1) is 5.56 Å². The van der Waals surface area contributed by atoms with Crippen molar-refractivity contribution in [3.8, 4) is 0 Å². The second-order valence-electron chi connectivity index (χ2n) is 5.31. The molecule has 0 radical (unpaired) electrons. The average molecular weight is 306 g/mol. The summed E-state index contributed by atoms with van der Waals surface area (Å²) in [7, 11) is 0. The van der Waals surface area contributed by atoms with E-state index in [0.717, 1.165) is 17.5 Å². The standard InChI is InChI=1S/C17H15F3.C2H6/c18-17(19,20)16-11-14-6-5-12-1-3-13(4-2-12)7-9-15(16)10-8-14;1-2/h1-4,8,10-11H,5-7,9H2;1-2H3. The second kappa shape index (κ2) is 6.99. The maximum Gasteiger partial charge on any atom is 0.416 e. The molecule has 22 heavy (non-hydrogen) atoms. The first-order valence-corrected chi connectivity index (χ1v) is 7.79. The van der Waals surface area contributed by atoms with Crippen LogP contribution in [0.15, 0.2) is 42.5 Å². The molecule has 2 aromatic rings. The molecule has 0 amide bonds. The van der Waals surface area contributed by atoms with E-state index in [2.05, 4.69) is 12.1 Å². The summed E-state index contributed by atoms with van der Waals surface area (Å²) < 4.78 is 39.4. The highest BCUT2D eigenvalue weighted by Gasteiger charge is 2.33. The van der Waals surface area contributed by atoms with E-state index in [1.807, 2.05) is 32.0 Å². The second-order valence-corrected chi connectivity index (χ2v) is 5.31. The largest absolute Gasteiger partial charge is 0.416 e. The maximum absolute atomic E-state index is 13.1. The molecule has 0 aromatic heterocycles. The quantitative estimate of drug-likeness (QED) is 0.593. The molecule has 3 heteroatoms. The summed E-state index contributed by atoms with van der Waals surface area (Å²) in [6, 6.07) is 13.0. The summed E-state index contributed by atoms with van der Waals surface area (Å²) in [5, 5.41) is 0. The first-order chi connectivity index (χ1) is 10.5. The fourth-order valence-corrected chi connectivity index (χ4v) is 2.70. The number of hydrogen-bond donors (Lipinski definition) is 0. The molecule has 0 saturated carbocycles. The van der Waals surface area contributed by atoms with Crippen molar-refractivity contribution in [1.82, 2.24) is 0 Å². The summed E-state index contributed by atoms with van der Waals surface area (Å²) in [6.07, 6.45) is -1.78. The van der Waals surface area contributed by atoms with E-state index < -0.39 is 11.7 Å². The Morgan fingerprint density at radius 2 is 1.14 bits per heavy atom. The molecule has 6 rings (SSSR count). The molecule has 0 N–H and O–H groups in total. The summed E-state index contributed by atoms with van der Waals surface area (Å²) in [5.41, 5.74) is 2.94. The van der Waals surface area contributed by atoms with Gasteiger partial charge in [-0.15, -0.1) is 0 Å². The van der Waals surface area contributed by atoms with Gasteiger partial charge >= 0.3 is 6.18 Å². The molecule has 0 heterocycles. The predicted molar refractivity (Wildman–Crippen MR) is 84.1 cm³/mol. The van der Waals surface area contributed by atoms with Gasteiger partial charge in [-0.2, -0.15) is 13.2 Å². The highest BCUT2D eigenvalue weighted by molar-refractivity contribution is 5.36. The first kappa shape index (κ1) is 16.6. The van der Waals surface area contributed by atoms with Gasteiger partial charge in [0, 0.05) is 0 Å². The van der Waals surface area contributed by atoms with Crippen molar-refractivity contribution >= 4 is 0 Å². The number of aryl methyl sites for hydroxylation is 4. The Balaban J connectivity index is 0.000000847. The smallest absolute Gasteiger partial charge is 0.166 e. The van der Waals surface area contributed by atoms with Crippen LogP contribution in [0.4, 0.5) is 13.2 Å². The molecule has 4 aliphatic carbocycles. The molecule has 2 aromatic carbocycles. The fraction of sp³-hybridized carbons (Fsp3) is 0.368. The van der Waals surface area contributed by atoms with Gasteiger partial charge in [0.15, 0.2) is 0 Å². The zero-order valence-electron chi connectivity index (χ0n) is 13.0. The topological polar surface area (TPSA) is 0 Å². The van der Waals surface area contributed by atoms with Gasteiger partial charge in [0.25, 0.3) is 0 Å². The van der Waals surface area contributed by atoms with Gasteiger partial charge in [-0.25, -0.2) is 0 Å². The Morgan fingerprint density at radius 1 is 0.682 bits per heavy atom. The van der Waals surface area contributed by atoms with Gasteiger partial charge < -0.3 is 0 Å². The van der Waals surface area contributed by atoms with Crippen molar-refractivity contribution in [3.05, 3.63) is 70.3 Å². The molecule has 4 bridgehead atoms. The summed E-state index contributed by atoms with van der Waals surface area (Å²) in [6.45, 7) is 4.00. The Hall–Kier alpha value is -1.77. The number of benzene rings is 2. The van der Waals surface area contributed by atoms with Crippen molar-refractivity contribution in [2.24, 2.45) is 0 Å². The Bertz CT molecular complexity index is 610. The van der Waals surface area contributed by atoms with E-state index in [1.54, 1.807) is 6.07 Å². The number of hydrogen-bond acceptors (Lipinski definition) is 0. The van der Waals surface area contributed by atoms with E-state index in [-0.39, 0.29) is 0 Å². The minimum atomic E-state index is -4.27. The molecule has 0 fully saturated rings. The molecule has 0 atom stereocenters. The van der Waals surface area contributed by atoms with Crippen molar-refractivity contribution in [2.45, 2.75) is 45.7 Å². The van der Waals surface area contributed by atoms with Gasteiger partial charge in [-0.1, -0.05) is 50.2 Å². The summed E-state index contributed by atoms with van der Waals surface area (Å²) in [5.74, 6) is 0. The highest BCUT2D eigenvalue weighted by atomic mass is 19.4. The van der Waals surface area contributed by atoms with E-state index in [0.29, 0.717) is 24.8 Å². The predicted octanol–water partition coefficient (Wildman–Crippen LogP) is 5.62. The maximum atomic E-state index is 13.1. The zero-order valence-corrected chi connectivity index (χ0v) is 13.0. The van der Waals surface area contributed by atoms with Gasteiger partial charge in [-0.05, 0) is 54.0 Å². The van der Waals surface area contributed by atoms with Crippen LogP contribution in [0, 0.1) is 0 Å². The van der Waals surface area contributed by atoms with E-state index in [4.69, 9.17) is 0 Å². The van der Waals surface area contributed by atoms with Crippen LogP contribution in [-0.2, 0) is 31.9 Å². The number of alkyl halides is 3. The number of rotatable bonds is 0. The lowest BCUT2D eigenvalue weighted by molar-refractivity contribution is -0.138. The van der Waals surface area contributed by atoms with Crippen LogP contribution in [0.25, 0.3) is 0 Å². The molecular weight excluding hydrogens is 285 g/mol. The SMILES string of the molecule is CC.FC(F)(F)c1cc2ccc1CCc1ccc(cc1)CC2. The third-order valence-corrected chi connectivity index (χ3v) is 3.89. The van der Waals surface area contributed by atoms with E-state index in [9.17, 15) is 13.2 Å². The van der Waals surface area contributed by atoms with Crippen molar-refractivity contribution < 1.29 is 13.2 Å². The Morgan fingerprint density at radius 3 is 1.68 bits per heavy atom.